The fourth-order valence-corrected chi connectivity index (χ4v) is 15.9. The first-order valence-electron chi connectivity index (χ1n) is 6.82. The molecular weight excluding hydrogens is 339 g/mol. The van der Waals surface area contributed by atoms with Gasteiger partial charge in [-0.15, -0.1) is 0 Å². The van der Waals surface area contributed by atoms with Crippen molar-refractivity contribution in [1.82, 2.24) is 0 Å². The van der Waals surface area contributed by atoms with E-state index in [1.165, 1.54) is 12.8 Å². The van der Waals surface area contributed by atoms with Gasteiger partial charge >= 0.3 is 119 Å². The van der Waals surface area contributed by atoms with Crippen molar-refractivity contribution >= 4 is 6.19 Å². The Kier molecular flexibility index (Phi) is 8.39. The van der Waals surface area contributed by atoms with E-state index < -0.39 is 16.6 Å². The van der Waals surface area contributed by atoms with E-state index in [4.69, 9.17) is 0 Å². The third-order valence-electron chi connectivity index (χ3n) is 3.89. The van der Waals surface area contributed by atoms with Crippen molar-refractivity contribution in [2.45, 2.75) is 53.6 Å². The van der Waals surface area contributed by atoms with E-state index in [-0.39, 0.29) is 31.0 Å². The summed E-state index contributed by atoms with van der Waals surface area (Å²) >= 11 is -1.17. The third-order valence-corrected chi connectivity index (χ3v) is 15.7. The monoisotopic (exact) mass is 362 g/mol. The van der Waals surface area contributed by atoms with E-state index in [1.54, 1.807) is 22.3 Å². The van der Waals surface area contributed by atoms with Crippen LogP contribution in [0.5, 0.6) is 0 Å². The first kappa shape index (κ1) is 20.5. The summed E-state index contributed by atoms with van der Waals surface area (Å²) in [5.74, 6) is 0. The fourth-order valence-electron chi connectivity index (χ4n) is 3.21. The Labute approximate surface area is 143 Å². The predicted octanol–water partition coefficient (Wildman–Crippen LogP) is -0.888. The van der Waals surface area contributed by atoms with E-state index in [0.717, 1.165) is 0 Å². The fraction of sp³-hybridized carbons (Fsp3) is 0.500. The second-order valence-electron chi connectivity index (χ2n) is 6.03. The maximum atomic E-state index is 2.54. The zero-order valence-corrected chi connectivity index (χ0v) is 17.4. The summed E-state index contributed by atoms with van der Waals surface area (Å²) in [6.07, 6.45) is 7.26. The molecule has 2 aliphatic carbocycles. The molecule has 0 N–H and O–H groups in total. The van der Waals surface area contributed by atoms with Gasteiger partial charge in [-0.25, -0.2) is 0 Å². The van der Waals surface area contributed by atoms with Gasteiger partial charge in [0.25, 0.3) is 0 Å². The first-order chi connectivity index (χ1) is 8.40. The van der Waals surface area contributed by atoms with Crippen LogP contribution in [0.2, 0.25) is 13.1 Å². The summed E-state index contributed by atoms with van der Waals surface area (Å²) in [5.41, 5.74) is 6.38. The Balaban J connectivity index is 0.00000180. The molecular formula is C16H24Cl2SiTi. The molecule has 0 heterocycles. The van der Waals surface area contributed by atoms with Crippen LogP contribution >= 0.6 is 0 Å². The number of rotatable bonds is 2. The Morgan fingerprint density at radius 2 is 1.15 bits per heavy atom. The molecule has 0 fully saturated rings. The first-order valence-corrected chi connectivity index (χ1v) is 13.2. The van der Waals surface area contributed by atoms with Crippen molar-refractivity contribution in [3.05, 3.63) is 42.2 Å². The van der Waals surface area contributed by atoms with Crippen LogP contribution < -0.4 is 24.8 Å². The van der Waals surface area contributed by atoms with Gasteiger partial charge in [0.15, 0.2) is 0 Å². The molecule has 0 saturated heterocycles. The Bertz CT molecular complexity index is 515. The van der Waals surface area contributed by atoms with Crippen LogP contribution in [0.3, 0.4) is 0 Å². The quantitative estimate of drug-likeness (QED) is 0.559. The van der Waals surface area contributed by atoms with E-state index in [2.05, 4.69) is 52.9 Å². The summed E-state index contributed by atoms with van der Waals surface area (Å²) in [4.78, 5) is 0. The van der Waals surface area contributed by atoms with Crippen LogP contribution in [-0.4, -0.2) is 6.19 Å². The van der Waals surface area contributed by atoms with Gasteiger partial charge in [-0.2, -0.15) is 0 Å². The SMILES string of the molecule is CC1=CC(C)=[C]([Ti+2]([C]2=C(C)C=C(C)C2)=[Si](C)C)C1.[Cl-].[Cl-]. The van der Waals surface area contributed by atoms with Gasteiger partial charge in [0.2, 0.25) is 0 Å². The minimum atomic E-state index is -1.17. The van der Waals surface area contributed by atoms with E-state index >= 15 is 0 Å². The Hall–Kier alpha value is 0.471. The second-order valence-corrected chi connectivity index (χ2v) is 17.8. The van der Waals surface area contributed by atoms with Gasteiger partial charge in [-0.3, -0.25) is 0 Å². The van der Waals surface area contributed by atoms with E-state index in [9.17, 15) is 0 Å². The number of halogens is 2. The van der Waals surface area contributed by atoms with Crippen LogP contribution in [0.15, 0.2) is 42.2 Å². The van der Waals surface area contributed by atoms with Crippen LogP contribution in [0.1, 0.15) is 40.5 Å². The maximum absolute atomic E-state index is 2.54. The van der Waals surface area contributed by atoms with Crippen LogP contribution in [0.4, 0.5) is 0 Å². The van der Waals surface area contributed by atoms with Crippen LogP contribution in [0.25, 0.3) is 0 Å². The molecule has 4 heteroatoms. The zero-order chi connectivity index (χ0) is 13.4. The largest absolute Gasteiger partial charge is 1.00 e. The molecule has 2 rings (SSSR count). The molecule has 0 unspecified atom stereocenters. The smallest absolute Gasteiger partial charge is 1.00 e. The second kappa shape index (κ2) is 8.20. The summed E-state index contributed by atoms with van der Waals surface area (Å²) in [6.45, 7) is 14.4. The van der Waals surface area contributed by atoms with Crippen molar-refractivity contribution in [2.75, 3.05) is 0 Å². The molecule has 2 aliphatic rings. The van der Waals surface area contributed by atoms with E-state index in [0.29, 0.717) is 0 Å². The molecule has 0 spiro atoms. The summed E-state index contributed by atoms with van der Waals surface area (Å²) < 4.78 is 3.76. The average molecular weight is 363 g/mol. The minimum absolute atomic E-state index is 0. The van der Waals surface area contributed by atoms with Crippen molar-refractivity contribution in [3.63, 3.8) is 0 Å². The minimum Gasteiger partial charge on any atom is -1.00 e. The number of allylic oxidation sites excluding steroid dienone is 8. The normalized spacial score (nSPS) is 17.1. The molecule has 0 aromatic rings. The average Bonchev–Trinajstić information content (AvgIpc) is 2.71. The Morgan fingerprint density at radius 1 is 0.800 bits per heavy atom. The van der Waals surface area contributed by atoms with Gasteiger partial charge < -0.3 is 24.8 Å². The summed E-state index contributed by atoms with van der Waals surface area (Å²) in [6, 6.07) is 0. The third kappa shape index (κ3) is 4.24. The van der Waals surface area contributed by atoms with Crippen molar-refractivity contribution < 1.29 is 41.4 Å². The molecule has 0 amide bonds. The molecule has 0 saturated carbocycles. The number of hydrogen-bond acceptors (Lipinski definition) is 0. The zero-order valence-electron chi connectivity index (χ0n) is 13.3. The van der Waals surface area contributed by atoms with Gasteiger partial charge in [-0.1, -0.05) is 0 Å². The van der Waals surface area contributed by atoms with Crippen LogP contribution in [0, 0.1) is 0 Å². The standard InChI is InChI=1S/2C7H9.C2H6Si.2ClH.Ti/c2*1-6-3-4-7(2)5-6;1-3-2;;;/h2*5H,3H2,1-2H3;1-2H3;2*1H;/q;;;;;+2/p-2. The summed E-state index contributed by atoms with van der Waals surface area (Å²) in [5, 5.41) is 0. The topological polar surface area (TPSA) is 0 Å². The molecule has 0 radical (unpaired) electrons. The Morgan fingerprint density at radius 3 is 1.35 bits per heavy atom. The van der Waals surface area contributed by atoms with Gasteiger partial charge in [0, 0.05) is 0 Å². The van der Waals surface area contributed by atoms with Crippen molar-refractivity contribution in [2.24, 2.45) is 0 Å². The maximum Gasteiger partial charge on any atom is -1.00 e. The predicted molar refractivity (Wildman–Crippen MR) is 79.6 cm³/mol. The molecule has 0 atom stereocenters. The van der Waals surface area contributed by atoms with Gasteiger partial charge in [0.05, 0.1) is 0 Å². The molecule has 0 bridgehead atoms. The molecule has 110 valence electrons. The van der Waals surface area contributed by atoms with Crippen molar-refractivity contribution in [3.8, 4) is 0 Å². The van der Waals surface area contributed by atoms with Gasteiger partial charge in [0.1, 0.15) is 0 Å². The van der Waals surface area contributed by atoms with Crippen LogP contribution in [-0.2, 0) is 16.6 Å². The van der Waals surface area contributed by atoms with Gasteiger partial charge in [-0.05, 0) is 0 Å². The molecule has 0 aliphatic heterocycles. The van der Waals surface area contributed by atoms with Crippen molar-refractivity contribution in [1.29, 1.82) is 0 Å². The summed E-state index contributed by atoms with van der Waals surface area (Å²) in [7, 11) is 0. The molecule has 0 aromatic carbocycles. The molecule has 20 heavy (non-hydrogen) atoms. The number of hydrogen-bond donors (Lipinski definition) is 0. The molecule has 0 aromatic heterocycles. The van der Waals surface area contributed by atoms with E-state index in [1.807, 2.05) is 7.76 Å². The molecule has 0 nitrogen and oxygen atoms in total.